The second-order valence-corrected chi connectivity index (χ2v) is 7.89. The van der Waals surface area contributed by atoms with Gasteiger partial charge in [0.05, 0.1) is 32.3 Å². The van der Waals surface area contributed by atoms with Gasteiger partial charge in [-0.05, 0) is 30.3 Å². The molecule has 0 saturated carbocycles. The SMILES string of the molecule is C=CC(=O)OCC(COc1ccc2cc(-c3ccc(OC)cc3OC(F)(F)F)c(=O)oc2c1)CC(F)(F)F. The van der Waals surface area contributed by atoms with Crippen LogP contribution in [-0.4, -0.2) is 38.8 Å². The molecule has 0 amide bonds. The smallest absolute Gasteiger partial charge is 0.497 e. The van der Waals surface area contributed by atoms with Crippen LogP contribution in [0.2, 0.25) is 0 Å². The fraction of sp³-hybridized carbons (Fsp3) is 0.280. The average molecular weight is 546 g/mol. The summed E-state index contributed by atoms with van der Waals surface area (Å²) >= 11 is 0. The van der Waals surface area contributed by atoms with Gasteiger partial charge in [-0.1, -0.05) is 6.58 Å². The fourth-order valence-electron chi connectivity index (χ4n) is 3.40. The first-order valence-electron chi connectivity index (χ1n) is 10.8. The lowest BCUT2D eigenvalue weighted by Crippen LogP contribution is -2.25. The molecule has 1 aromatic heterocycles. The number of hydrogen-bond acceptors (Lipinski definition) is 7. The third-order valence-corrected chi connectivity index (χ3v) is 5.05. The van der Waals surface area contributed by atoms with Crippen molar-refractivity contribution in [1.82, 2.24) is 0 Å². The van der Waals surface area contributed by atoms with Crippen molar-refractivity contribution in [3.63, 3.8) is 0 Å². The Hall–Kier alpha value is -4.16. The highest BCUT2D eigenvalue weighted by Gasteiger charge is 2.34. The quantitative estimate of drug-likeness (QED) is 0.133. The standard InChI is InChI=1S/C25H20F6O7/c1-3-22(32)36-13-14(11-24(26,27)28)12-35-17-5-4-15-8-19(23(33)37-20(15)10-17)18-7-6-16(34-2)9-21(18)38-25(29,30)31/h3-10,14H,1,11-13H2,2H3. The van der Waals surface area contributed by atoms with Gasteiger partial charge in [0.1, 0.15) is 22.8 Å². The Morgan fingerprint density at radius 2 is 1.71 bits per heavy atom. The van der Waals surface area contributed by atoms with Gasteiger partial charge in [-0.2, -0.15) is 13.2 Å². The van der Waals surface area contributed by atoms with Crippen molar-refractivity contribution in [2.24, 2.45) is 5.92 Å². The first-order valence-corrected chi connectivity index (χ1v) is 10.8. The number of esters is 1. The molecule has 7 nitrogen and oxygen atoms in total. The van der Waals surface area contributed by atoms with E-state index in [-0.39, 0.29) is 33.6 Å². The molecule has 0 fully saturated rings. The van der Waals surface area contributed by atoms with E-state index in [1.165, 1.54) is 43.5 Å². The molecule has 1 atom stereocenters. The number of carbonyl (C=O) groups is 1. The number of ether oxygens (including phenoxy) is 4. The van der Waals surface area contributed by atoms with E-state index in [0.717, 1.165) is 12.1 Å². The molecule has 0 saturated heterocycles. The van der Waals surface area contributed by atoms with Gasteiger partial charge in [-0.15, -0.1) is 13.2 Å². The lowest BCUT2D eigenvalue weighted by Gasteiger charge is -2.19. The molecular weight excluding hydrogens is 526 g/mol. The van der Waals surface area contributed by atoms with Crippen molar-refractivity contribution >= 4 is 16.9 Å². The molecule has 0 aliphatic rings. The van der Waals surface area contributed by atoms with Crippen LogP contribution in [0.1, 0.15) is 6.42 Å². The Kier molecular flexibility index (Phi) is 8.59. The summed E-state index contributed by atoms with van der Waals surface area (Å²) in [6.45, 7) is 2.12. The molecule has 38 heavy (non-hydrogen) atoms. The van der Waals surface area contributed by atoms with Crippen LogP contribution in [0.3, 0.4) is 0 Å². The number of alkyl halides is 6. The normalized spacial score (nSPS) is 12.6. The Morgan fingerprint density at radius 3 is 2.34 bits per heavy atom. The minimum atomic E-state index is -5.04. The van der Waals surface area contributed by atoms with Crippen molar-refractivity contribution in [3.8, 4) is 28.4 Å². The van der Waals surface area contributed by atoms with Crippen LogP contribution < -0.4 is 19.8 Å². The largest absolute Gasteiger partial charge is 0.573 e. The van der Waals surface area contributed by atoms with E-state index >= 15 is 0 Å². The topological polar surface area (TPSA) is 84.2 Å². The van der Waals surface area contributed by atoms with Gasteiger partial charge in [-0.3, -0.25) is 0 Å². The minimum Gasteiger partial charge on any atom is -0.497 e. The molecular formula is C25H20F6O7. The molecule has 0 aliphatic carbocycles. The molecule has 1 unspecified atom stereocenters. The van der Waals surface area contributed by atoms with Gasteiger partial charge in [0.15, 0.2) is 0 Å². The number of benzene rings is 2. The molecule has 0 N–H and O–H groups in total. The van der Waals surface area contributed by atoms with Gasteiger partial charge >= 0.3 is 24.1 Å². The molecule has 0 bridgehead atoms. The third kappa shape index (κ3) is 7.92. The van der Waals surface area contributed by atoms with Crippen molar-refractivity contribution < 1.29 is 54.5 Å². The first kappa shape index (κ1) is 28.4. The van der Waals surface area contributed by atoms with E-state index in [0.29, 0.717) is 0 Å². The van der Waals surface area contributed by atoms with Crippen LogP contribution in [0.25, 0.3) is 22.1 Å². The first-order chi connectivity index (χ1) is 17.8. The van der Waals surface area contributed by atoms with Crippen LogP contribution in [0.4, 0.5) is 26.3 Å². The fourth-order valence-corrected chi connectivity index (χ4v) is 3.40. The summed E-state index contributed by atoms with van der Waals surface area (Å²) in [5.41, 5.74) is -1.47. The molecule has 0 spiro atoms. The summed E-state index contributed by atoms with van der Waals surface area (Å²) in [4.78, 5) is 23.9. The zero-order valence-electron chi connectivity index (χ0n) is 19.7. The van der Waals surface area contributed by atoms with E-state index in [9.17, 15) is 35.9 Å². The minimum absolute atomic E-state index is 0.0338. The molecule has 1 heterocycles. The maximum Gasteiger partial charge on any atom is 0.573 e. The predicted molar refractivity (Wildman–Crippen MR) is 122 cm³/mol. The zero-order chi connectivity index (χ0) is 28.1. The lowest BCUT2D eigenvalue weighted by atomic mass is 10.0. The van der Waals surface area contributed by atoms with E-state index in [4.69, 9.17) is 18.6 Å². The van der Waals surface area contributed by atoms with Gasteiger partial charge in [0.25, 0.3) is 0 Å². The van der Waals surface area contributed by atoms with Crippen LogP contribution in [0.15, 0.2) is 64.3 Å². The number of hydrogen-bond donors (Lipinski definition) is 0. The highest BCUT2D eigenvalue weighted by atomic mass is 19.4. The summed E-state index contributed by atoms with van der Waals surface area (Å²) in [7, 11) is 1.25. The summed E-state index contributed by atoms with van der Waals surface area (Å²) in [5.74, 6) is -2.70. The van der Waals surface area contributed by atoms with Crippen molar-refractivity contribution in [2.45, 2.75) is 19.0 Å². The number of carbonyl (C=O) groups excluding carboxylic acids is 1. The maximum atomic E-state index is 12.9. The Morgan fingerprint density at radius 1 is 1.00 bits per heavy atom. The average Bonchev–Trinajstić information content (AvgIpc) is 2.83. The Balaban J connectivity index is 1.87. The highest BCUT2D eigenvalue weighted by molar-refractivity contribution is 5.84. The number of fused-ring (bicyclic) bond motifs is 1. The molecule has 3 aromatic rings. The lowest BCUT2D eigenvalue weighted by molar-refractivity contribution is -0.274. The molecule has 3 rings (SSSR count). The third-order valence-electron chi connectivity index (χ3n) is 5.05. The van der Waals surface area contributed by atoms with Crippen LogP contribution >= 0.6 is 0 Å². The summed E-state index contributed by atoms with van der Waals surface area (Å²) in [6.07, 6.45) is -10.1. The monoisotopic (exact) mass is 546 g/mol. The van der Waals surface area contributed by atoms with Crippen LogP contribution in [-0.2, 0) is 9.53 Å². The predicted octanol–water partition coefficient (Wildman–Crippen LogP) is 6.04. The molecule has 204 valence electrons. The van der Waals surface area contributed by atoms with Crippen LogP contribution in [0.5, 0.6) is 17.2 Å². The van der Waals surface area contributed by atoms with Gasteiger partial charge < -0.3 is 23.4 Å². The van der Waals surface area contributed by atoms with E-state index < -0.39 is 55.4 Å². The van der Waals surface area contributed by atoms with Crippen molar-refractivity contribution in [3.05, 3.63) is 65.5 Å². The summed E-state index contributed by atoms with van der Waals surface area (Å²) in [6, 6.07) is 8.79. The van der Waals surface area contributed by atoms with E-state index in [1.54, 1.807) is 0 Å². The van der Waals surface area contributed by atoms with Gasteiger partial charge in [0.2, 0.25) is 0 Å². The van der Waals surface area contributed by atoms with Crippen molar-refractivity contribution in [1.29, 1.82) is 0 Å². The molecule has 13 heteroatoms. The molecule has 2 aromatic carbocycles. The van der Waals surface area contributed by atoms with Crippen molar-refractivity contribution in [2.75, 3.05) is 20.3 Å². The Bertz CT molecular complexity index is 1360. The molecule has 0 aliphatic heterocycles. The summed E-state index contributed by atoms with van der Waals surface area (Å²) < 4.78 is 102. The second kappa shape index (κ2) is 11.5. The second-order valence-electron chi connectivity index (χ2n) is 7.89. The number of halogens is 6. The van der Waals surface area contributed by atoms with E-state index in [1.807, 2.05) is 0 Å². The van der Waals surface area contributed by atoms with Crippen LogP contribution in [0, 0.1) is 5.92 Å². The number of rotatable bonds is 10. The maximum absolute atomic E-state index is 12.9. The van der Waals surface area contributed by atoms with E-state index in [2.05, 4.69) is 11.3 Å². The number of methoxy groups -OCH3 is 1. The molecule has 0 radical (unpaired) electrons. The van der Waals surface area contributed by atoms with Gasteiger partial charge in [0, 0.05) is 35.1 Å². The zero-order valence-corrected chi connectivity index (χ0v) is 19.7. The van der Waals surface area contributed by atoms with Gasteiger partial charge in [-0.25, -0.2) is 9.59 Å². The highest BCUT2D eigenvalue weighted by Crippen LogP contribution is 2.36. The Labute approximate surface area is 211 Å². The summed E-state index contributed by atoms with van der Waals surface area (Å²) in [5, 5.41) is 0.285.